The number of aromatic amines is 1. The van der Waals surface area contributed by atoms with Gasteiger partial charge >= 0.3 is 0 Å². The van der Waals surface area contributed by atoms with Crippen LogP contribution in [0.5, 0.6) is 0 Å². The summed E-state index contributed by atoms with van der Waals surface area (Å²) >= 11 is 0. The van der Waals surface area contributed by atoms with E-state index in [9.17, 15) is 4.79 Å². The molecule has 0 spiro atoms. The monoisotopic (exact) mass is 295 g/mol. The van der Waals surface area contributed by atoms with E-state index in [0.717, 1.165) is 22.9 Å². The number of hydrogen-bond donors (Lipinski definition) is 2. The summed E-state index contributed by atoms with van der Waals surface area (Å²) in [6.07, 6.45) is 8.12. The highest BCUT2D eigenvalue weighted by Gasteiger charge is 2.41. The molecule has 0 saturated heterocycles. The van der Waals surface area contributed by atoms with E-state index >= 15 is 0 Å². The van der Waals surface area contributed by atoms with Crippen molar-refractivity contribution >= 4 is 16.8 Å². The maximum Gasteiger partial charge on any atom is 0.234 e. The van der Waals surface area contributed by atoms with Gasteiger partial charge in [-0.1, -0.05) is 19.4 Å². The van der Waals surface area contributed by atoms with Gasteiger partial charge in [-0.2, -0.15) is 5.10 Å². The summed E-state index contributed by atoms with van der Waals surface area (Å²) in [6.45, 7) is 2.02. The fourth-order valence-electron chi connectivity index (χ4n) is 2.88. The zero-order valence-corrected chi connectivity index (χ0v) is 12.3. The van der Waals surface area contributed by atoms with Gasteiger partial charge in [-0.15, -0.1) is 0 Å². The Bertz CT molecular complexity index is 798. The summed E-state index contributed by atoms with van der Waals surface area (Å²) in [7, 11) is 0. The van der Waals surface area contributed by atoms with Gasteiger partial charge in [0.15, 0.2) is 0 Å². The van der Waals surface area contributed by atoms with Crippen molar-refractivity contribution in [3.8, 4) is 0 Å². The Kier molecular flexibility index (Phi) is 3.58. The SMILES string of the molecule is CCCC(C(N)=O)(c1cccnc1)c1cc2cn[nH]c2cn1. The smallest absolute Gasteiger partial charge is 0.234 e. The van der Waals surface area contributed by atoms with Crippen molar-refractivity contribution in [3.63, 3.8) is 0 Å². The van der Waals surface area contributed by atoms with E-state index in [1.54, 1.807) is 30.9 Å². The van der Waals surface area contributed by atoms with Crippen molar-refractivity contribution in [3.05, 3.63) is 54.2 Å². The number of nitrogens with two attached hydrogens (primary N) is 1. The quantitative estimate of drug-likeness (QED) is 0.751. The van der Waals surface area contributed by atoms with E-state index in [1.807, 2.05) is 19.1 Å². The van der Waals surface area contributed by atoms with Crippen LogP contribution in [0, 0.1) is 0 Å². The Balaban J connectivity index is 2.25. The van der Waals surface area contributed by atoms with E-state index in [0.29, 0.717) is 12.1 Å². The van der Waals surface area contributed by atoms with E-state index < -0.39 is 11.3 Å². The minimum absolute atomic E-state index is 0.419. The summed E-state index contributed by atoms with van der Waals surface area (Å²) in [5.74, 6) is -0.419. The molecule has 3 aromatic rings. The molecule has 6 nitrogen and oxygen atoms in total. The summed E-state index contributed by atoms with van der Waals surface area (Å²) in [5.41, 5.74) is 7.05. The van der Waals surface area contributed by atoms with Gasteiger partial charge in [0.25, 0.3) is 0 Å². The first-order valence-electron chi connectivity index (χ1n) is 7.18. The number of fused-ring (bicyclic) bond motifs is 1. The van der Waals surface area contributed by atoms with Gasteiger partial charge in [0.1, 0.15) is 5.41 Å². The first kappa shape index (κ1) is 14.2. The predicted molar refractivity (Wildman–Crippen MR) is 83.0 cm³/mol. The van der Waals surface area contributed by atoms with Crippen molar-refractivity contribution in [2.24, 2.45) is 5.73 Å². The van der Waals surface area contributed by atoms with Crippen LogP contribution in [0.4, 0.5) is 0 Å². The summed E-state index contributed by atoms with van der Waals surface area (Å²) in [6, 6.07) is 5.54. The molecule has 1 unspecified atom stereocenters. The number of rotatable bonds is 5. The molecular weight excluding hydrogens is 278 g/mol. The van der Waals surface area contributed by atoms with Gasteiger partial charge in [0.2, 0.25) is 5.91 Å². The third-order valence-corrected chi connectivity index (χ3v) is 3.96. The summed E-state index contributed by atoms with van der Waals surface area (Å²) in [5, 5.41) is 7.75. The lowest BCUT2D eigenvalue weighted by atomic mass is 9.73. The van der Waals surface area contributed by atoms with E-state index in [1.165, 1.54) is 0 Å². The molecule has 0 aromatic carbocycles. The van der Waals surface area contributed by atoms with Crippen LogP contribution in [0.15, 0.2) is 43.0 Å². The van der Waals surface area contributed by atoms with Crippen LogP contribution < -0.4 is 5.73 Å². The van der Waals surface area contributed by atoms with Crippen LogP contribution >= 0.6 is 0 Å². The van der Waals surface area contributed by atoms with E-state index in [-0.39, 0.29) is 0 Å². The van der Waals surface area contributed by atoms with Gasteiger partial charge in [0.05, 0.1) is 23.6 Å². The molecule has 0 aliphatic carbocycles. The van der Waals surface area contributed by atoms with Gasteiger partial charge in [-0.3, -0.25) is 19.9 Å². The van der Waals surface area contributed by atoms with Crippen LogP contribution in [0.3, 0.4) is 0 Å². The van der Waals surface area contributed by atoms with Gasteiger partial charge in [0, 0.05) is 17.8 Å². The largest absolute Gasteiger partial charge is 0.369 e. The molecule has 0 aliphatic heterocycles. The Labute approximate surface area is 127 Å². The van der Waals surface area contributed by atoms with Crippen molar-refractivity contribution < 1.29 is 4.79 Å². The molecule has 0 saturated carbocycles. The lowest BCUT2D eigenvalue weighted by Gasteiger charge is -2.30. The Morgan fingerprint density at radius 1 is 1.36 bits per heavy atom. The number of pyridine rings is 2. The van der Waals surface area contributed by atoms with Crippen LogP contribution in [-0.4, -0.2) is 26.1 Å². The highest BCUT2D eigenvalue weighted by atomic mass is 16.1. The number of aromatic nitrogens is 4. The zero-order chi connectivity index (χ0) is 15.6. The second kappa shape index (κ2) is 5.55. The molecule has 0 bridgehead atoms. The highest BCUT2D eigenvalue weighted by molar-refractivity contribution is 5.91. The molecule has 0 radical (unpaired) electrons. The second-order valence-electron chi connectivity index (χ2n) is 5.29. The fraction of sp³-hybridized carbons (Fsp3) is 0.250. The normalized spacial score (nSPS) is 13.9. The van der Waals surface area contributed by atoms with Crippen molar-refractivity contribution in [1.29, 1.82) is 0 Å². The summed E-state index contributed by atoms with van der Waals surface area (Å²) in [4.78, 5) is 21.0. The molecule has 6 heteroatoms. The average Bonchev–Trinajstić information content (AvgIpc) is 3.00. The third-order valence-electron chi connectivity index (χ3n) is 3.96. The highest BCUT2D eigenvalue weighted by Crippen LogP contribution is 2.36. The molecule has 0 aliphatic rings. The van der Waals surface area contributed by atoms with E-state index in [4.69, 9.17) is 5.73 Å². The zero-order valence-electron chi connectivity index (χ0n) is 12.3. The molecule has 112 valence electrons. The Hall–Kier alpha value is -2.76. The molecule has 1 amide bonds. The molecule has 3 rings (SSSR count). The van der Waals surface area contributed by atoms with E-state index in [2.05, 4.69) is 20.2 Å². The first-order valence-corrected chi connectivity index (χ1v) is 7.18. The summed E-state index contributed by atoms with van der Waals surface area (Å²) < 4.78 is 0. The maximum atomic E-state index is 12.4. The lowest BCUT2D eigenvalue weighted by molar-refractivity contribution is -0.122. The lowest BCUT2D eigenvalue weighted by Crippen LogP contribution is -2.43. The first-order chi connectivity index (χ1) is 10.7. The number of amides is 1. The van der Waals surface area contributed by atoms with Crippen LogP contribution in [0.1, 0.15) is 31.0 Å². The number of nitrogens with zero attached hydrogens (tertiary/aromatic N) is 3. The van der Waals surface area contributed by atoms with Gasteiger partial charge in [-0.25, -0.2) is 0 Å². The molecule has 1 atom stereocenters. The number of carbonyl (C=O) groups excluding carboxylic acids is 1. The third kappa shape index (κ3) is 2.13. The van der Waals surface area contributed by atoms with Crippen molar-refractivity contribution in [1.82, 2.24) is 20.2 Å². The predicted octanol–water partition coefficient (Wildman–Crippen LogP) is 1.92. The number of carbonyl (C=O) groups is 1. The van der Waals surface area contributed by atoms with Gasteiger partial charge in [-0.05, 0) is 24.1 Å². The Morgan fingerprint density at radius 3 is 2.91 bits per heavy atom. The number of nitrogens with one attached hydrogen (secondary N) is 1. The molecule has 3 heterocycles. The molecule has 0 fully saturated rings. The topological polar surface area (TPSA) is 97.5 Å². The maximum absolute atomic E-state index is 12.4. The standard InChI is InChI=1S/C16H17N5O/c1-2-5-16(15(17)22,12-4-3-6-18-9-12)14-7-11-8-20-21-13(11)10-19-14/h3-4,6-10H,2,5H2,1H3,(H2,17,22)(H,20,21). The van der Waals surface area contributed by atoms with Crippen molar-refractivity contribution in [2.45, 2.75) is 25.2 Å². The number of hydrogen-bond acceptors (Lipinski definition) is 4. The average molecular weight is 295 g/mol. The molecular formula is C16H17N5O. The Morgan fingerprint density at radius 2 is 2.23 bits per heavy atom. The number of primary amides is 1. The van der Waals surface area contributed by atoms with Crippen LogP contribution in [0.2, 0.25) is 0 Å². The minimum Gasteiger partial charge on any atom is -0.369 e. The van der Waals surface area contributed by atoms with Crippen LogP contribution in [-0.2, 0) is 10.2 Å². The molecule has 22 heavy (non-hydrogen) atoms. The minimum atomic E-state index is -0.978. The van der Waals surface area contributed by atoms with Crippen molar-refractivity contribution in [2.75, 3.05) is 0 Å². The fourth-order valence-corrected chi connectivity index (χ4v) is 2.88. The van der Waals surface area contributed by atoms with Crippen LogP contribution in [0.25, 0.3) is 10.9 Å². The van der Waals surface area contributed by atoms with Gasteiger partial charge < -0.3 is 5.73 Å². The number of H-pyrrole nitrogens is 1. The second-order valence-corrected chi connectivity index (χ2v) is 5.29. The molecule has 3 N–H and O–H groups in total. The molecule has 3 aromatic heterocycles.